The molecule has 6 rings (SSSR count). The molecule has 0 N–H and O–H groups in total. The van der Waals surface area contributed by atoms with Crippen LogP contribution in [-0.4, -0.2) is 68.3 Å². The number of aromatic nitrogens is 3. The first-order valence-corrected chi connectivity index (χ1v) is 12.5. The average Bonchev–Trinajstić information content (AvgIpc) is 3.70. The number of ether oxygens (including phenoxy) is 7. The van der Waals surface area contributed by atoms with Gasteiger partial charge >= 0.3 is 11.9 Å². The maximum atomic E-state index is 13.4. The molecule has 1 aliphatic carbocycles. The normalized spacial score (nSPS) is 22.5. The van der Waals surface area contributed by atoms with Gasteiger partial charge in [0, 0.05) is 11.8 Å². The van der Waals surface area contributed by atoms with E-state index in [2.05, 4.69) is 10.3 Å². The van der Waals surface area contributed by atoms with Gasteiger partial charge in [-0.1, -0.05) is 5.21 Å². The molecule has 1 saturated heterocycles. The number of benzene rings is 2. The Morgan fingerprint density at radius 1 is 1.00 bits per heavy atom. The molecular weight excluding hydrogens is 510 g/mol. The van der Waals surface area contributed by atoms with Gasteiger partial charge in [0.25, 0.3) is 0 Å². The Bertz CT molecular complexity index is 1430. The minimum atomic E-state index is -0.582. The lowest BCUT2D eigenvalue weighted by molar-refractivity contribution is -0.141. The van der Waals surface area contributed by atoms with Crippen molar-refractivity contribution in [3.05, 3.63) is 52.8 Å². The van der Waals surface area contributed by atoms with Crippen LogP contribution in [-0.2, 0) is 14.3 Å². The SMILES string of the molecule is CCOC(=O)c1cn([C@@H]2c3cc4c(cc3[C@@H](c3cc(OC)c(OC)c(OC)c3)[C@H]3C(=O)OC[C@@H]32)OCO4)nn1. The van der Waals surface area contributed by atoms with Crippen LogP contribution in [0.25, 0.3) is 0 Å². The Balaban J connectivity index is 1.56. The van der Waals surface area contributed by atoms with Gasteiger partial charge in [0.15, 0.2) is 28.7 Å². The van der Waals surface area contributed by atoms with Crippen molar-refractivity contribution in [1.82, 2.24) is 15.0 Å². The van der Waals surface area contributed by atoms with E-state index in [1.807, 2.05) is 24.3 Å². The number of methoxy groups -OCH3 is 3. The van der Waals surface area contributed by atoms with Gasteiger partial charge in [0.05, 0.1) is 52.7 Å². The highest BCUT2D eigenvalue weighted by molar-refractivity contribution is 5.86. The van der Waals surface area contributed by atoms with E-state index in [-0.39, 0.29) is 37.6 Å². The number of hydrogen-bond acceptors (Lipinski definition) is 11. The maximum absolute atomic E-state index is 13.4. The van der Waals surface area contributed by atoms with Crippen LogP contribution in [0.3, 0.4) is 0 Å². The summed E-state index contributed by atoms with van der Waals surface area (Å²) >= 11 is 0. The quantitative estimate of drug-likeness (QED) is 0.413. The van der Waals surface area contributed by atoms with Gasteiger partial charge in [-0.05, 0) is 47.9 Å². The molecule has 2 aliphatic heterocycles. The first kappa shape index (κ1) is 24.8. The van der Waals surface area contributed by atoms with Gasteiger partial charge in [0.2, 0.25) is 12.5 Å². The fourth-order valence-corrected chi connectivity index (χ4v) is 5.86. The maximum Gasteiger partial charge on any atom is 0.360 e. The first-order chi connectivity index (χ1) is 19.0. The predicted molar refractivity (Wildman–Crippen MR) is 133 cm³/mol. The molecule has 3 heterocycles. The van der Waals surface area contributed by atoms with Crippen molar-refractivity contribution in [2.75, 3.05) is 41.3 Å². The summed E-state index contributed by atoms with van der Waals surface area (Å²) < 4.78 is 40.5. The van der Waals surface area contributed by atoms with E-state index in [9.17, 15) is 9.59 Å². The molecule has 0 saturated carbocycles. The second kappa shape index (κ2) is 9.68. The lowest BCUT2D eigenvalue weighted by Gasteiger charge is -2.39. The fraction of sp³-hybridized carbons (Fsp3) is 0.407. The number of esters is 2. The number of hydrogen-bond donors (Lipinski definition) is 0. The molecule has 0 spiro atoms. The van der Waals surface area contributed by atoms with Crippen molar-refractivity contribution < 1.29 is 42.7 Å². The summed E-state index contributed by atoms with van der Waals surface area (Å²) in [4.78, 5) is 25.7. The van der Waals surface area contributed by atoms with Gasteiger partial charge in [0.1, 0.15) is 0 Å². The first-order valence-electron chi connectivity index (χ1n) is 12.5. The number of carbonyl (C=O) groups excluding carboxylic acids is 2. The molecule has 12 heteroatoms. The van der Waals surface area contributed by atoms with Gasteiger partial charge in [-0.15, -0.1) is 5.10 Å². The van der Waals surface area contributed by atoms with Crippen LogP contribution in [0.4, 0.5) is 0 Å². The molecule has 2 aromatic carbocycles. The minimum absolute atomic E-state index is 0.0766. The van der Waals surface area contributed by atoms with Crippen molar-refractivity contribution in [3.8, 4) is 28.7 Å². The summed E-state index contributed by atoms with van der Waals surface area (Å²) in [5.74, 6) is 0.276. The van der Waals surface area contributed by atoms with Crippen molar-refractivity contribution in [2.24, 2.45) is 11.8 Å². The molecule has 1 aromatic heterocycles. The summed E-state index contributed by atoms with van der Waals surface area (Å²) in [7, 11) is 4.62. The fourth-order valence-electron chi connectivity index (χ4n) is 5.86. The van der Waals surface area contributed by atoms with Crippen molar-refractivity contribution >= 4 is 11.9 Å². The van der Waals surface area contributed by atoms with E-state index >= 15 is 0 Å². The van der Waals surface area contributed by atoms with Crippen molar-refractivity contribution in [3.63, 3.8) is 0 Å². The van der Waals surface area contributed by atoms with E-state index in [1.165, 1.54) is 13.3 Å². The Kier molecular flexibility index (Phi) is 6.16. The standard InChI is InChI=1S/C27H27N3O9/c1-5-36-26(31)17-10-30(29-28-17)24-15-9-19-18(38-12-39-19)8-14(15)22(23-16(24)11-37-27(23)32)13-6-20(33-2)25(35-4)21(7-13)34-3/h6-10,16,22-24H,5,11-12H2,1-4H3/t16-,22+,23-,24+/m0/s1. The number of carbonyl (C=O) groups is 2. The monoisotopic (exact) mass is 537 g/mol. The highest BCUT2D eigenvalue weighted by Crippen LogP contribution is 2.56. The second-order valence-electron chi connectivity index (χ2n) is 9.34. The lowest BCUT2D eigenvalue weighted by Crippen LogP contribution is -2.37. The van der Waals surface area contributed by atoms with Gasteiger partial charge in [-0.25, -0.2) is 9.48 Å². The highest BCUT2D eigenvalue weighted by atomic mass is 16.7. The van der Waals surface area contributed by atoms with Crippen molar-refractivity contribution in [1.29, 1.82) is 0 Å². The summed E-state index contributed by atoms with van der Waals surface area (Å²) in [6.45, 7) is 2.18. The predicted octanol–water partition coefficient (Wildman–Crippen LogP) is 2.73. The van der Waals surface area contributed by atoms with Crippen LogP contribution in [0, 0.1) is 11.8 Å². The zero-order chi connectivity index (χ0) is 27.3. The smallest absolute Gasteiger partial charge is 0.360 e. The van der Waals surface area contributed by atoms with Crippen LogP contribution < -0.4 is 23.7 Å². The molecular formula is C27H27N3O9. The van der Waals surface area contributed by atoms with E-state index in [1.54, 1.807) is 25.8 Å². The molecule has 204 valence electrons. The van der Waals surface area contributed by atoms with Gasteiger partial charge in [-0.2, -0.15) is 0 Å². The van der Waals surface area contributed by atoms with Crippen LogP contribution >= 0.6 is 0 Å². The van der Waals surface area contributed by atoms with E-state index in [0.717, 1.165) is 16.7 Å². The zero-order valence-corrected chi connectivity index (χ0v) is 21.8. The summed E-state index contributed by atoms with van der Waals surface area (Å²) in [5, 5.41) is 8.31. The minimum Gasteiger partial charge on any atom is -0.493 e. The molecule has 1 fully saturated rings. The number of fused-ring (bicyclic) bond motifs is 3. The number of rotatable bonds is 7. The molecule has 39 heavy (non-hydrogen) atoms. The lowest BCUT2D eigenvalue weighted by atomic mass is 9.65. The van der Waals surface area contributed by atoms with Crippen molar-refractivity contribution in [2.45, 2.75) is 18.9 Å². The third kappa shape index (κ3) is 3.89. The third-order valence-electron chi connectivity index (χ3n) is 7.47. The van der Waals surface area contributed by atoms with E-state index in [0.29, 0.717) is 28.7 Å². The van der Waals surface area contributed by atoms with Crippen LogP contribution in [0.5, 0.6) is 28.7 Å². The average molecular weight is 538 g/mol. The van der Waals surface area contributed by atoms with Gasteiger partial charge < -0.3 is 33.2 Å². The second-order valence-corrected chi connectivity index (χ2v) is 9.34. The number of nitrogens with zero attached hydrogens (tertiary/aromatic N) is 3. The molecule has 0 amide bonds. The molecule has 0 radical (unpaired) electrons. The zero-order valence-electron chi connectivity index (χ0n) is 21.8. The largest absolute Gasteiger partial charge is 0.493 e. The molecule has 12 nitrogen and oxygen atoms in total. The summed E-state index contributed by atoms with van der Waals surface area (Å²) in [6.07, 6.45) is 1.54. The van der Waals surface area contributed by atoms with E-state index in [4.69, 9.17) is 33.2 Å². The molecule has 4 atom stereocenters. The topological polar surface area (TPSA) is 129 Å². The van der Waals surface area contributed by atoms with E-state index < -0.39 is 23.8 Å². The molecule has 3 aromatic rings. The Hall–Kier alpha value is -4.48. The molecule has 0 unspecified atom stereocenters. The molecule has 0 bridgehead atoms. The van der Waals surface area contributed by atoms with Gasteiger partial charge in [-0.3, -0.25) is 4.79 Å². The summed E-state index contributed by atoms with van der Waals surface area (Å²) in [5.41, 5.74) is 2.53. The Morgan fingerprint density at radius 3 is 2.33 bits per heavy atom. The third-order valence-corrected chi connectivity index (χ3v) is 7.47. The van der Waals surface area contributed by atoms with Crippen LogP contribution in [0.1, 0.15) is 46.1 Å². The van der Waals surface area contributed by atoms with Crippen LogP contribution in [0.15, 0.2) is 30.5 Å². The molecule has 3 aliphatic rings. The summed E-state index contributed by atoms with van der Waals surface area (Å²) in [6, 6.07) is 7.01. The Labute approximate surface area is 223 Å². The highest BCUT2D eigenvalue weighted by Gasteiger charge is 2.53. The Morgan fingerprint density at radius 2 is 1.69 bits per heavy atom. The number of cyclic esters (lactones) is 1. The van der Waals surface area contributed by atoms with Crippen LogP contribution in [0.2, 0.25) is 0 Å².